The number of nitrogens with zero attached hydrogens (tertiary/aromatic N) is 2. The zero-order chi connectivity index (χ0) is 8.27. The summed E-state index contributed by atoms with van der Waals surface area (Å²) >= 11 is 2.48. The molecule has 4 nitrogen and oxygen atoms in total. The van der Waals surface area contributed by atoms with Gasteiger partial charge in [0.1, 0.15) is 5.01 Å². The van der Waals surface area contributed by atoms with Crippen molar-refractivity contribution in [1.29, 1.82) is 0 Å². The van der Waals surface area contributed by atoms with Gasteiger partial charge in [-0.1, -0.05) is 23.1 Å². The molecule has 0 bridgehead atoms. The summed E-state index contributed by atoms with van der Waals surface area (Å²) in [6, 6.07) is 0. The average molecular weight is 189 g/mol. The van der Waals surface area contributed by atoms with Crippen LogP contribution in [0.2, 0.25) is 0 Å². The highest BCUT2D eigenvalue weighted by atomic mass is 32.2. The number of carbonyl (C=O) groups is 1. The molecule has 1 aromatic heterocycles. The molecule has 0 saturated heterocycles. The van der Waals surface area contributed by atoms with E-state index in [0.717, 1.165) is 0 Å². The van der Waals surface area contributed by atoms with Crippen LogP contribution in [0.4, 0.5) is 0 Å². The number of aliphatic carboxylic acids is 1. The van der Waals surface area contributed by atoms with E-state index >= 15 is 0 Å². The molecule has 0 amide bonds. The first kappa shape index (κ1) is 8.48. The monoisotopic (exact) mass is 189 g/mol. The van der Waals surface area contributed by atoms with Gasteiger partial charge in [-0.05, 0) is 0 Å². The quantitative estimate of drug-likeness (QED) is 0.720. The number of rotatable bonds is 3. The Bertz CT molecular complexity index is 261. The van der Waals surface area contributed by atoms with Gasteiger partial charge in [0.25, 0.3) is 0 Å². The molecule has 1 aromatic rings. The minimum Gasteiger partial charge on any atom is -0.481 e. The SMILES string of the molecule is [CH2]Sc1nnc(CC(=O)O)s1. The van der Waals surface area contributed by atoms with E-state index in [0.29, 0.717) is 9.35 Å². The van der Waals surface area contributed by atoms with Crippen LogP contribution in [0, 0.1) is 6.26 Å². The molecule has 1 rings (SSSR count). The Morgan fingerprint density at radius 2 is 2.45 bits per heavy atom. The summed E-state index contributed by atoms with van der Waals surface area (Å²) in [6.07, 6.45) is 3.47. The molecule has 0 aliphatic heterocycles. The molecule has 0 aliphatic carbocycles. The molecule has 0 aliphatic rings. The van der Waals surface area contributed by atoms with Gasteiger partial charge in [-0.3, -0.25) is 4.79 Å². The molecule has 1 heterocycles. The zero-order valence-electron chi connectivity index (χ0n) is 5.48. The van der Waals surface area contributed by atoms with Gasteiger partial charge in [-0.2, -0.15) is 0 Å². The smallest absolute Gasteiger partial charge is 0.310 e. The number of carboxylic acid groups (broad SMARTS) is 1. The normalized spacial score (nSPS) is 9.91. The van der Waals surface area contributed by atoms with E-state index in [4.69, 9.17) is 5.11 Å². The third kappa shape index (κ3) is 2.47. The van der Waals surface area contributed by atoms with Crippen molar-refractivity contribution in [3.63, 3.8) is 0 Å². The number of thioether (sulfide) groups is 1. The van der Waals surface area contributed by atoms with Gasteiger partial charge in [0.05, 0.1) is 6.42 Å². The Labute approximate surface area is 71.7 Å². The van der Waals surface area contributed by atoms with Crippen LogP contribution in [0.25, 0.3) is 0 Å². The van der Waals surface area contributed by atoms with Gasteiger partial charge in [-0.15, -0.1) is 10.2 Å². The Balaban J connectivity index is 2.65. The van der Waals surface area contributed by atoms with Crippen molar-refractivity contribution in [2.75, 3.05) is 0 Å². The van der Waals surface area contributed by atoms with Crippen molar-refractivity contribution < 1.29 is 9.90 Å². The van der Waals surface area contributed by atoms with Crippen LogP contribution in [-0.4, -0.2) is 21.3 Å². The van der Waals surface area contributed by atoms with Crippen molar-refractivity contribution in [3.8, 4) is 0 Å². The van der Waals surface area contributed by atoms with E-state index in [9.17, 15) is 4.79 Å². The zero-order valence-corrected chi connectivity index (χ0v) is 7.11. The highest BCUT2D eigenvalue weighted by molar-refractivity contribution is 8.02. The third-order valence-corrected chi connectivity index (χ3v) is 2.52. The second-order valence-electron chi connectivity index (χ2n) is 1.68. The lowest BCUT2D eigenvalue weighted by Gasteiger charge is -1.83. The molecule has 0 unspecified atom stereocenters. The standard InChI is InChI=1S/C5H5N2O2S2/c1-10-5-7-6-3(11-5)2-4(8)9/h1-2H2,(H,8,9). The van der Waals surface area contributed by atoms with Crippen molar-refractivity contribution in [2.45, 2.75) is 10.8 Å². The number of aromatic nitrogens is 2. The Morgan fingerprint density at radius 3 is 2.91 bits per heavy atom. The van der Waals surface area contributed by atoms with E-state index < -0.39 is 5.97 Å². The maximum absolute atomic E-state index is 10.2. The van der Waals surface area contributed by atoms with Gasteiger partial charge in [0.15, 0.2) is 4.34 Å². The lowest BCUT2D eigenvalue weighted by Crippen LogP contribution is -1.98. The fourth-order valence-electron chi connectivity index (χ4n) is 0.497. The second kappa shape index (κ2) is 3.68. The van der Waals surface area contributed by atoms with E-state index in [1.165, 1.54) is 23.1 Å². The van der Waals surface area contributed by atoms with Crippen molar-refractivity contribution >= 4 is 29.1 Å². The summed E-state index contributed by atoms with van der Waals surface area (Å²) in [5.41, 5.74) is 0. The summed E-state index contributed by atoms with van der Waals surface area (Å²) in [4.78, 5) is 10.2. The van der Waals surface area contributed by atoms with Gasteiger partial charge in [-0.25, -0.2) is 0 Å². The Morgan fingerprint density at radius 1 is 1.73 bits per heavy atom. The van der Waals surface area contributed by atoms with Gasteiger partial charge < -0.3 is 5.11 Å². The van der Waals surface area contributed by atoms with Crippen LogP contribution in [0.5, 0.6) is 0 Å². The predicted molar refractivity (Wildman–Crippen MR) is 42.5 cm³/mol. The molecule has 1 N–H and O–H groups in total. The number of hydrogen-bond acceptors (Lipinski definition) is 5. The van der Waals surface area contributed by atoms with Crippen LogP contribution >= 0.6 is 23.1 Å². The highest BCUT2D eigenvalue weighted by Gasteiger charge is 2.06. The number of carboxylic acids is 1. The van der Waals surface area contributed by atoms with Crippen LogP contribution in [0.15, 0.2) is 4.34 Å². The first-order chi connectivity index (χ1) is 5.22. The minimum atomic E-state index is -0.887. The topological polar surface area (TPSA) is 63.1 Å². The van der Waals surface area contributed by atoms with Gasteiger partial charge in [0.2, 0.25) is 0 Å². The lowest BCUT2D eigenvalue weighted by atomic mass is 10.5. The van der Waals surface area contributed by atoms with E-state index in [1.807, 2.05) is 0 Å². The van der Waals surface area contributed by atoms with E-state index in [1.54, 1.807) is 0 Å². The first-order valence-electron chi connectivity index (χ1n) is 2.68. The molecule has 0 saturated carbocycles. The molecule has 0 atom stereocenters. The van der Waals surface area contributed by atoms with Crippen LogP contribution < -0.4 is 0 Å². The maximum Gasteiger partial charge on any atom is 0.310 e. The van der Waals surface area contributed by atoms with Crippen molar-refractivity contribution in [2.24, 2.45) is 0 Å². The Kier molecular flexibility index (Phi) is 2.84. The third-order valence-electron chi connectivity index (χ3n) is 0.874. The summed E-state index contributed by atoms with van der Waals surface area (Å²) < 4.78 is 0.696. The summed E-state index contributed by atoms with van der Waals surface area (Å²) in [5.74, 6) is -0.887. The fraction of sp³-hybridized carbons (Fsp3) is 0.200. The molecule has 59 valence electrons. The lowest BCUT2D eigenvalue weighted by molar-refractivity contribution is -0.136. The van der Waals surface area contributed by atoms with Crippen molar-refractivity contribution in [3.05, 3.63) is 11.3 Å². The molecular formula is C5H5N2O2S2. The van der Waals surface area contributed by atoms with Gasteiger partial charge in [0, 0.05) is 6.26 Å². The molecule has 6 heteroatoms. The van der Waals surface area contributed by atoms with Gasteiger partial charge >= 0.3 is 5.97 Å². The maximum atomic E-state index is 10.2. The summed E-state index contributed by atoms with van der Waals surface area (Å²) in [7, 11) is 0. The summed E-state index contributed by atoms with van der Waals surface area (Å²) in [6.45, 7) is 0. The fourth-order valence-corrected chi connectivity index (χ4v) is 1.68. The van der Waals surface area contributed by atoms with E-state index in [2.05, 4.69) is 16.5 Å². The number of hydrogen-bond donors (Lipinski definition) is 1. The molecule has 0 spiro atoms. The second-order valence-corrected chi connectivity index (χ2v) is 3.67. The minimum absolute atomic E-state index is 0.0573. The molecule has 11 heavy (non-hydrogen) atoms. The molecule has 0 fully saturated rings. The molecule has 1 radical (unpaired) electrons. The first-order valence-corrected chi connectivity index (χ1v) is 4.49. The van der Waals surface area contributed by atoms with E-state index in [-0.39, 0.29) is 6.42 Å². The van der Waals surface area contributed by atoms with Crippen LogP contribution in [-0.2, 0) is 11.2 Å². The highest BCUT2D eigenvalue weighted by Crippen LogP contribution is 2.20. The largest absolute Gasteiger partial charge is 0.481 e. The Hall–Kier alpha value is -0.620. The molecule has 0 aromatic carbocycles. The predicted octanol–water partition coefficient (Wildman–Crippen LogP) is 1.05. The average Bonchev–Trinajstić information content (AvgIpc) is 2.34. The van der Waals surface area contributed by atoms with Crippen LogP contribution in [0.1, 0.15) is 5.01 Å². The van der Waals surface area contributed by atoms with Crippen LogP contribution in [0.3, 0.4) is 0 Å². The summed E-state index contributed by atoms with van der Waals surface area (Å²) in [5, 5.41) is 16.2. The van der Waals surface area contributed by atoms with Crippen molar-refractivity contribution in [1.82, 2.24) is 10.2 Å². The molecular weight excluding hydrogens is 184 g/mol.